The van der Waals surface area contributed by atoms with Crippen LogP contribution in [-0.4, -0.2) is 5.11 Å². The summed E-state index contributed by atoms with van der Waals surface area (Å²) in [5.41, 5.74) is 0.855. The quantitative estimate of drug-likeness (QED) is 0.793. The molecule has 2 nitrogen and oxygen atoms in total. The summed E-state index contributed by atoms with van der Waals surface area (Å²) in [4.78, 5) is 0. The molecular weight excluding hydrogens is 212 g/mol. The van der Waals surface area contributed by atoms with E-state index in [1.54, 1.807) is 0 Å². The summed E-state index contributed by atoms with van der Waals surface area (Å²) in [5, 5.41) is 11.4. The first-order valence-electron chi connectivity index (χ1n) is 6.16. The van der Waals surface area contributed by atoms with Crippen LogP contribution in [0.5, 0.6) is 0 Å². The minimum atomic E-state index is -0.479. The lowest BCUT2D eigenvalue weighted by Crippen LogP contribution is -2.13. The molecule has 17 heavy (non-hydrogen) atoms. The predicted octanol–water partition coefficient (Wildman–Crippen LogP) is 3.82. The van der Waals surface area contributed by atoms with Crippen molar-refractivity contribution in [1.82, 2.24) is 0 Å². The maximum Gasteiger partial charge on any atom is 0.134 e. The molecule has 2 aromatic rings. The van der Waals surface area contributed by atoms with E-state index in [4.69, 9.17) is 4.42 Å². The van der Waals surface area contributed by atoms with Gasteiger partial charge in [0.15, 0.2) is 0 Å². The summed E-state index contributed by atoms with van der Waals surface area (Å²) in [7, 11) is 0. The lowest BCUT2D eigenvalue weighted by atomic mass is 9.88. The average Bonchev–Trinajstić information content (AvgIpc) is 2.82. The summed E-state index contributed by atoms with van der Waals surface area (Å²) < 4.78 is 5.71. The van der Waals surface area contributed by atoms with Crippen LogP contribution in [-0.2, 0) is 0 Å². The molecule has 0 amide bonds. The van der Waals surface area contributed by atoms with E-state index in [1.165, 1.54) is 0 Å². The largest absolute Gasteiger partial charge is 0.458 e. The van der Waals surface area contributed by atoms with Crippen LogP contribution in [0.1, 0.15) is 31.1 Å². The number of fused-ring (bicyclic) bond motifs is 1. The van der Waals surface area contributed by atoms with Crippen LogP contribution in [0.15, 0.2) is 46.9 Å². The third-order valence-electron chi connectivity index (χ3n) is 3.49. The third kappa shape index (κ3) is 2.01. The van der Waals surface area contributed by atoms with Gasteiger partial charge < -0.3 is 9.52 Å². The molecule has 1 aliphatic carbocycles. The van der Waals surface area contributed by atoms with Crippen molar-refractivity contribution >= 4 is 11.0 Å². The van der Waals surface area contributed by atoms with Crippen molar-refractivity contribution in [2.45, 2.75) is 25.4 Å². The number of furan rings is 1. The van der Waals surface area contributed by atoms with Gasteiger partial charge in [-0.15, -0.1) is 0 Å². The van der Waals surface area contributed by atoms with Crippen molar-refractivity contribution < 1.29 is 9.52 Å². The fraction of sp³-hybridized carbons (Fsp3) is 0.333. The first kappa shape index (κ1) is 10.6. The van der Waals surface area contributed by atoms with Crippen LogP contribution in [0.2, 0.25) is 0 Å². The number of rotatable bonds is 2. The maximum absolute atomic E-state index is 10.3. The predicted molar refractivity (Wildman–Crippen MR) is 67.7 cm³/mol. The zero-order valence-corrected chi connectivity index (χ0v) is 9.67. The fourth-order valence-electron chi connectivity index (χ4n) is 2.48. The van der Waals surface area contributed by atoms with E-state index in [-0.39, 0.29) is 0 Å². The number of benzene rings is 1. The lowest BCUT2D eigenvalue weighted by Gasteiger charge is -2.21. The van der Waals surface area contributed by atoms with Crippen LogP contribution in [0.4, 0.5) is 0 Å². The Kier molecular flexibility index (Phi) is 2.73. The second kappa shape index (κ2) is 4.38. The molecule has 0 radical (unpaired) electrons. The fourth-order valence-corrected chi connectivity index (χ4v) is 2.48. The van der Waals surface area contributed by atoms with Crippen molar-refractivity contribution in [3.8, 4) is 0 Å². The van der Waals surface area contributed by atoms with E-state index in [9.17, 15) is 5.11 Å². The molecule has 0 fully saturated rings. The molecular formula is C15H16O2. The van der Waals surface area contributed by atoms with E-state index in [0.717, 1.165) is 30.2 Å². The highest BCUT2D eigenvalue weighted by Gasteiger charge is 2.24. The highest BCUT2D eigenvalue weighted by molar-refractivity contribution is 5.77. The molecule has 2 atom stereocenters. The summed E-state index contributed by atoms with van der Waals surface area (Å²) in [5.74, 6) is 0.993. The van der Waals surface area contributed by atoms with Gasteiger partial charge in [0.25, 0.3) is 0 Å². The van der Waals surface area contributed by atoms with Gasteiger partial charge in [0, 0.05) is 5.39 Å². The Labute approximate surface area is 101 Å². The monoisotopic (exact) mass is 228 g/mol. The molecule has 1 N–H and O–H groups in total. The van der Waals surface area contributed by atoms with Crippen LogP contribution >= 0.6 is 0 Å². The van der Waals surface area contributed by atoms with Crippen LogP contribution in [0.3, 0.4) is 0 Å². The first-order chi connectivity index (χ1) is 8.34. The molecule has 1 aromatic carbocycles. The van der Waals surface area contributed by atoms with Gasteiger partial charge in [0.2, 0.25) is 0 Å². The number of aliphatic hydroxyl groups excluding tert-OH is 1. The number of para-hydroxylation sites is 1. The molecule has 2 heteroatoms. The minimum Gasteiger partial charge on any atom is -0.458 e. The maximum atomic E-state index is 10.3. The van der Waals surface area contributed by atoms with Gasteiger partial charge in [-0.25, -0.2) is 0 Å². The van der Waals surface area contributed by atoms with Crippen molar-refractivity contribution in [3.05, 3.63) is 48.2 Å². The van der Waals surface area contributed by atoms with E-state index < -0.39 is 6.10 Å². The average molecular weight is 228 g/mol. The van der Waals surface area contributed by atoms with Crippen molar-refractivity contribution in [3.63, 3.8) is 0 Å². The topological polar surface area (TPSA) is 33.4 Å². The Morgan fingerprint density at radius 2 is 2.12 bits per heavy atom. The van der Waals surface area contributed by atoms with Gasteiger partial charge in [-0.1, -0.05) is 30.4 Å². The SMILES string of the molecule is OC(c1cc2ccccc2o1)C1CC=CCC1. The highest BCUT2D eigenvalue weighted by atomic mass is 16.4. The third-order valence-corrected chi connectivity index (χ3v) is 3.49. The number of hydrogen-bond acceptors (Lipinski definition) is 2. The molecule has 0 saturated carbocycles. The molecule has 0 spiro atoms. The Morgan fingerprint density at radius 3 is 2.88 bits per heavy atom. The number of aliphatic hydroxyl groups is 1. The van der Waals surface area contributed by atoms with Gasteiger partial charge in [-0.05, 0) is 37.3 Å². The second-order valence-electron chi connectivity index (χ2n) is 4.68. The first-order valence-corrected chi connectivity index (χ1v) is 6.16. The molecule has 0 bridgehead atoms. The van der Waals surface area contributed by atoms with Crippen molar-refractivity contribution in [2.75, 3.05) is 0 Å². The van der Waals surface area contributed by atoms with E-state index in [0.29, 0.717) is 11.7 Å². The molecule has 88 valence electrons. The Balaban J connectivity index is 1.89. The molecule has 2 unspecified atom stereocenters. The second-order valence-corrected chi connectivity index (χ2v) is 4.68. The van der Waals surface area contributed by atoms with Crippen LogP contribution in [0.25, 0.3) is 11.0 Å². The summed E-state index contributed by atoms with van der Waals surface area (Å²) >= 11 is 0. The van der Waals surface area contributed by atoms with Gasteiger partial charge >= 0.3 is 0 Å². The lowest BCUT2D eigenvalue weighted by molar-refractivity contribution is 0.0824. The normalized spacial score (nSPS) is 21.8. The highest BCUT2D eigenvalue weighted by Crippen LogP contribution is 2.34. The molecule has 0 aliphatic heterocycles. The van der Waals surface area contributed by atoms with Crippen LogP contribution < -0.4 is 0 Å². The van der Waals surface area contributed by atoms with E-state index >= 15 is 0 Å². The summed E-state index contributed by atoms with van der Waals surface area (Å²) in [6.45, 7) is 0. The van der Waals surface area contributed by atoms with Gasteiger partial charge in [-0.3, -0.25) is 0 Å². The molecule has 1 aliphatic rings. The molecule has 0 saturated heterocycles. The standard InChI is InChI=1S/C15H16O2/c16-15(11-6-2-1-3-7-11)14-10-12-8-4-5-9-13(12)17-14/h1-2,4-5,8-11,15-16H,3,6-7H2. The Morgan fingerprint density at radius 1 is 1.24 bits per heavy atom. The molecule has 1 aromatic heterocycles. The number of allylic oxidation sites excluding steroid dienone is 2. The van der Waals surface area contributed by atoms with Crippen LogP contribution in [0, 0.1) is 5.92 Å². The molecule has 1 heterocycles. The smallest absolute Gasteiger partial charge is 0.134 e. The van der Waals surface area contributed by atoms with Gasteiger partial charge in [-0.2, -0.15) is 0 Å². The van der Waals surface area contributed by atoms with Gasteiger partial charge in [0.1, 0.15) is 17.4 Å². The molecule has 3 rings (SSSR count). The van der Waals surface area contributed by atoms with Gasteiger partial charge in [0.05, 0.1) is 0 Å². The Bertz CT molecular complexity index is 506. The van der Waals surface area contributed by atoms with Crippen molar-refractivity contribution in [2.24, 2.45) is 5.92 Å². The summed E-state index contributed by atoms with van der Waals surface area (Å²) in [6, 6.07) is 9.84. The van der Waals surface area contributed by atoms with E-state index in [1.807, 2.05) is 30.3 Å². The van der Waals surface area contributed by atoms with E-state index in [2.05, 4.69) is 12.2 Å². The van der Waals surface area contributed by atoms with Crippen molar-refractivity contribution in [1.29, 1.82) is 0 Å². The number of hydrogen-bond donors (Lipinski definition) is 1. The summed E-state index contributed by atoms with van der Waals surface area (Å²) in [6.07, 6.45) is 6.89. The minimum absolute atomic E-state index is 0.292. The zero-order valence-electron chi connectivity index (χ0n) is 9.67. The Hall–Kier alpha value is -1.54. The zero-order chi connectivity index (χ0) is 11.7.